The van der Waals surface area contributed by atoms with Crippen LogP contribution in [0.25, 0.3) is 0 Å². The Morgan fingerprint density at radius 2 is 1.96 bits per heavy atom. The average molecular weight is 392 g/mol. The lowest BCUT2D eigenvalue weighted by Crippen LogP contribution is -2.48. The van der Waals surface area contributed by atoms with Crippen LogP contribution < -0.4 is 25.4 Å². The first-order valence-electron chi connectivity index (χ1n) is 9.05. The Hall–Kier alpha value is -2.45. The summed E-state index contributed by atoms with van der Waals surface area (Å²) >= 11 is 6.25. The summed E-state index contributed by atoms with van der Waals surface area (Å²) in [5, 5.41) is 4.64. The number of rotatable bonds is 5. The number of aromatic nitrogens is 2. The van der Waals surface area contributed by atoms with E-state index in [0.717, 1.165) is 49.9 Å². The Morgan fingerprint density at radius 1 is 1.15 bits per heavy atom. The van der Waals surface area contributed by atoms with E-state index in [2.05, 4.69) is 20.3 Å². The minimum absolute atomic E-state index is 0.157. The molecule has 1 aromatic carbocycles. The fraction of sp³-hybridized carbons (Fsp3) is 0.444. The molecular weight excluding hydrogens is 370 g/mol. The zero-order valence-corrected chi connectivity index (χ0v) is 15.7. The van der Waals surface area contributed by atoms with Gasteiger partial charge in [-0.05, 0) is 12.1 Å². The number of hydrogen-bond acceptors (Lipinski definition) is 7. The number of fused-ring (bicyclic) bond motifs is 1. The van der Waals surface area contributed by atoms with Gasteiger partial charge in [-0.25, -0.2) is 0 Å². The molecule has 3 heterocycles. The molecule has 0 bridgehead atoms. The molecule has 0 atom stereocenters. The number of ether oxygens (including phenoxy) is 2. The van der Waals surface area contributed by atoms with Crippen LogP contribution >= 0.6 is 11.6 Å². The van der Waals surface area contributed by atoms with Gasteiger partial charge in [0.2, 0.25) is 0 Å². The molecule has 2 aliphatic heterocycles. The fourth-order valence-electron chi connectivity index (χ4n) is 3.34. The molecule has 0 amide bonds. The van der Waals surface area contributed by atoms with Crippen molar-refractivity contribution >= 4 is 17.3 Å². The van der Waals surface area contributed by atoms with Crippen molar-refractivity contribution in [3.05, 3.63) is 45.8 Å². The van der Waals surface area contributed by atoms with Crippen LogP contribution in [0.3, 0.4) is 0 Å². The molecule has 2 aromatic rings. The van der Waals surface area contributed by atoms with Gasteiger partial charge in [-0.15, -0.1) is 4.79 Å². The standard InChI is InChI=1S/C18H22ClN5O3/c19-14-12-15(18-16(13-14)26-10-11-27-18)23-8-6-22(7-9-23)5-4-21-24-17(25)2-1-3-20-24/h1-3,12-13,21H,4-11H2. The molecule has 2 aliphatic rings. The SMILES string of the molecule is O=c1cccnn1NCCN1CCN(c2cc(Cl)cc3c2OCCO3)CC1. The van der Waals surface area contributed by atoms with E-state index in [1.807, 2.05) is 6.07 Å². The summed E-state index contributed by atoms with van der Waals surface area (Å²) in [6.07, 6.45) is 1.59. The van der Waals surface area contributed by atoms with Crippen molar-refractivity contribution in [1.82, 2.24) is 14.8 Å². The first-order valence-corrected chi connectivity index (χ1v) is 9.43. The summed E-state index contributed by atoms with van der Waals surface area (Å²) in [5.74, 6) is 1.51. The maximum absolute atomic E-state index is 11.6. The molecule has 1 N–H and O–H groups in total. The van der Waals surface area contributed by atoms with E-state index in [0.29, 0.717) is 24.8 Å². The number of nitrogens with one attached hydrogen (secondary N) is 1. The zero-order chi connectivity index (χ0) is 18.6. The highest BCUT2D eigenvalue weighted by molar-refractivity contribution is 6.31. The largest absolute Gasteiger partial charge is 0.486 e. The van der Waals surface area contributed by atoms with E-state index in [9.17, 15) is 4.79 Å². The van der Waals surface area contributed by atoms with E-state index in [1.165, 1.54) is 10.9 Å². The fourth-order valence-corrected chi connectivity index (χ4v) is 3.54. The van der Waals surface area contributed by atoms with Crippen LogP contribution in [-0.4, -0.2) is 67.3 Å². The Bertz CT molecular complexity index is 851. The molecule has 4 rings (SSSR count). The Balaban J connectivity index is 1.32. The normalized spacial score (nSPS) is 17.0. The van der Waals surface area contributed by atoms with Gasteiger partial charge in [-0.3, -0.25) is 9.69 Å². The quantitative estimate of drug-likeness (QED) is 0.816. The van der Waals surface area contributed by atoms with Crippen LogP contribution in [0.2, 0.25) is 5.02 Å². The second-order valence-electron chi connectivity index (χ2n) is 6.46. The minimum atomic E-state index is -0.157. The molecule has 27 heavy (non-hydrogen) atoms. The van der Waals surface area contributed by atoms with Gasteiger partial charge in [0.1, 0.15) is 13.2 Å². The highest BCUT2D eigenvalue weighted by Crippen LogP contribution is 2.42. The van der Waals surface area contributed by atoms with Crippen LogP contribution in [0.4, 0.5) is 5.69 Å². The molecule has 0 radical (unpaired) electrons. The number of anilines is 1. The van der Waals surface area contributed by atoms with Crippen molar-refractivity contribution in [3.63, 3.8) is 0 Å². The number of benzene rings is 1. The molecule has 1 saturated heterocycles. The van der Waals surface area contributed by atoms with E-state index >= 15 is 0 Å². The van der Waals surface area contributed by atoms with E-state index in [1.54, 1.807) is 18.3 Å². The molecule has 0 aliphatic carbocycles. The van der Waals surface area contributed by atoms with Crippen LogP contribution in [-0.2, 0) is 0 Å². The summed E-state index contributed by atoms with van der Waals surface area (Å²) in [6, 6.07) is 6.86. The van der Waals surface area contributed by atoms with Gasteiger partial charge in [0.05, 0.1) is 5.69 Å². The first kappa shape index (κ1) is 17.9. The van der Waals surface area contributed by atoms with Gasteiger partial charge in [-0.1, -0.05) is 11.6 Å². The van der Waals surface area contributed by atoms with Gasteiger partial charge in [-0.2, -0.15) is 5.10 Å². The third-order valence-corrected chi connectivity index (χ3v) is 4.92. The molecule has 9 heteroatoms. The molecule has 0 spiro atoms. The van der Waals surface area contributed by atoms with Crippen molar-refractivity contribution in [2.24, 2.45) is 0 Å². The van der Waals surface area contributed by atoms with E-state index in [4.69, 9.17) is 21.1 Å². The second kappa shape index (κ2) is 8.06. The summed E-state index contributed by atoms with van der Waals surface area (Å²) in [7, 11) is 0. The van der Waals surface area contributed by atoms with Crippen molar-refractivity contribution in [3.8, 4) is 11.5 Å². The maximum atomic E-state index is 11.6. The van der Waals surface area contributed by atoms with E-state index < -0.39 is 0 Å². The number of nitrogens with zero attached hydrogens (tertiary/aromatic N) is 4. The van der Waals surface area contributed by atoms with Gasteiger partial charge < -0.3 is 19.8 Å². The molecule has 0 saturated carbocycles. The molecule has 144 valence electrons. The molecule has 1 fully saturated rings. The summed E-state index contributed by atoms with van der Waals surface area (Å²) in [4.78, 5) is 17.5. The molecule has 8 nitrogen and oxygen atoms in total. The van der Waals surface area contributed by atoms with Crippen molar-refractivity contribution in [1.29, 1.82) is 0 Å². The second-order valence-corrected chi connectivity index (χ2v) is 6.90. The summed E-state index contributed by atoms with van der Waals surface area (Å²) in [6.45, 7) is 6.18. The third kappa shape index (κ3) is 4.12. The highest BCUT2D eigenvalue weighted by Gasteiger charge is 2.24. The van der Waals surface area contributed by atoms with Gasteiger partial charge in [0, 0.05) is 62.6 Å². The number of piperazine rings is 1. The average Bonchev–Trinajstić information content (AvgIpc) is 2.69. The first-order chi connectivity index (χ1) is 13.2. The Morgan fingerprint density at radius 3 is 2.78 bits per heavy atom. The summed E-state index contributed by atoms with van der Waals surface area (Å²) < 4.78 is 11.5. The lowest BCUT2D eigenvalue weighted by atomic mass is 10.2. The van der Waals surface area contributed by atoms with Crippen molar-refractivity contribution in [2.75, 3.05) is 62.8 Å². The van der Waals surface area contributed by atoms with Gasteiger partial charge in [0.15, 0.2) is 11.5 Å². The van der Waals surface area contributed by atoms with Crippen LogP contribution in [0.1, 0.15) is 0 Å². The summed E-state index contributed by atoms with van der Waals surface area (Å²) in [5.41, 5.74) is 3.87. The van der Waals surface area contributed by atoms with Crippen LogP contribution in [0.15, 0.2) is 35.3 Å². The highest BCUT2D eigenvalue weighted by atomic mass is 35.5. The topological polar surface area (TPSA) is 71.9 Å². The Labute approximate surface area is 162 Å². The lowest BCUT2D eigenvalue weighted by molar-refractivity contribution is 0.171. The molecular formula is C18H22ClN5O3. The lowest BCUT2D eigenvalue weighted by Gasteiger charge is -2.37. The monoisotopic (exact) mass is 391 g/mol. The van der Waals surface area contributed by atoms with Gasteiger partial charge >= 0.3 is 0 Å². The van der Waals surface area contributed by atoms with E-state index in [-0.39, 0.29) is 5.56 Å². The van der Waals surface area contributed by atoms with Crippen molar-refractivity contribution in [2.45, 2.75) is 0 Å². The number of hydrogen-bond donors (Lipinski definition) is 1. The zero-order valence-electron chi connectivity index (χ0n) is 14.9. The van der Waals surface area contributed by atoms with Crippen molar-refractivity contribution < 1.29 is 9.47 Å². The van der Waals surface area contributed by atoms with Gasteiger partial charge in [0.25, 0.3) is 5.56 Å². The molecule has 0 unspecified atom stereocenters. The smallest absolute Gasteiger partial charge is 0.285 e. The predicted octanol–water partition coefficient (Wildman–Crippen LogP) is 1.03. The Kier molecular flexibility index (Phi) is 5.35. The van der Waals surface area contributed by atoms with Crippen LogP contribution in [0, 0.1) is 0 Å². The van der Waals surface area contributed by atoms with Crippen LogP contribution in [0.5, 0.6) is 11.5 Å². The maximum Gasteiger partial charge on any atom is 0.285 e. The third-order valence-electron chi connectivity index (χ3n) is 4.71. The predicted molar refractivity (Wildman–Crippen MR) is 104 cm³/mol. The minimum Gasteiger partial charge on any atom is -0.486 e. The molecule has 1 aromatic heterocycles. The number of halogens is 1.